The fourth-order valence-corrected chi connectivity index (χ4v) is 3.58. The molecule has 1 aliphatic heterocycles. The molecule has 1 saturated heterocycles. The molecular formula is C20H22ClNO2. The maximum atomic E-state index is 11.3. The van der Waals surface area contributed by atoms with Gasteiger partial charge < -0.3 is 9.64 Å². The van der Waals surface area contributed by atoms with E-state index in [1.807, 2.05) is 29.2 Å². The number of nitrogens with zero attached hydrogens (tertiary/aromatic N) is 1. The molecule has 0 spiro atoms. The molecule has 2 unspecified atom stereocenters. The van der Waals surface area contributed by atoms with Crippen molar-refractivity contribution in [3.63, 3.8) is 0 Å². The van der Waals surface area contributed by atoms with E-state index in [1.54, 1.807) is 7.11 Å². The third-order valence-electron chi connectivity index (χ3n) is 4.70. The zero-order chi connectivity index (χ0) is 16.9. The molecule has 1 fully saturated rings. The maximum absolute atomic E-state index is 11.3. The predicted molar refractivity (Wildman–Crippen MR) is 96.5 cm³/mol. The lowest BCUT2D eigenvalue weighted by atomic mass is 9.94. The monoisotopic (exact) mass is 343 g/mol. The summed E-state index contributed by atoms with van der Waals surface area (Å²) in [5.41, 5.74) is 3.28. The van der Waals surface area contributed by atoms with Gasteiger partial charge in [0.15, 0.2) is 0 Å². The van der Waals surface area contributed by atoms with Crippen LogP contribution in [0.3, 0.4) is 0 Å². The Morgan fingerprint density at radius 1 is 1.08 bits per heavy atom. The highest BCUT2D eigenvalue weighted by Gasteiger charge is 2.22. The molecule has 126 valence electrons. The summed E-state index contributed by atoms with van der Waals surface area (Å²) in [6.45, 7) is 0.847. The molecule has 0 N–H and O–H groups in total. The molecule has 0 radical (unpaired) electrons. The predicted octanol–water partition coefficient (Wildman–Crippen LogP) is 4.71. The van der Waals surface area contributed by atoms with Crippen molar-refractivity contribution in [1.29, 1.82) is 0 Å². The third-order valence-corrected chi connectivity index (χ3v) is 5.21. The average molecular weight is 344 g/mol. The van der Waals surface area contributed by atoms with Crippen LogP contribution in [0.4, 0.5) is 0 Å². The number of benzene rings is 2. The van der Waals surface area contributed by atoms with Gasteiger partial charge in [0.1, 0.15) is 5.75 Å². The minimum Gasteiger partial charge on any atom is -0.497 e. The van der Waals surface area contributed by atoms with Gasteiger partial charge in [-0.2, -0.15) is 0 Å². The largest absolute Gasteiger partial charge is 0.497 e. The van der Waals surface area contributed by atoms with Crippen molar-refractivity contribution >= 4 is 18.0 Å². The Bertz CT molecular complexity index is 669. The molecule has 1 aliphatic rings. The first-order chi connectivity index (χ1) is 11.7. The van der Waals surface area contributed by atoms with E-state index >= 15 is 0 Å². The molecule has 2 atom stereocenters. The van der Waals surface area contributed by atoms with Crippen LogP contribution in [-0.2, 0) is 4.79 Å². The van der Waals surface area contributed by atoms with Crippen molar-refractivity contribution in [2.45, 2.75) is 30.7 Å². The second kappa shape index (κ2) is 7.71. The number of carbonyl (C=O) groups excluding carboxylic acids is 1. The van der Waals surface area contributed by atoms with Crippen molar-refractivity contribution in [2.24, 2.45) is 0 Å². The summed E-state index contributed by atoms with van der Waals surface area (Å²) in [6.07, 6.45) is 4.26. The average Bonchev–Trinajstić information content (AvgIpc) is 2.67. The highest BCUT2D eigenvalue weighted by atomic mass is 35.5. The topological polar surface area (TPSA) is 29.5 Å². The SMILES string of the molecule is COc1ccc(C(Cl)c2ccc(C3CCCCN3C=O)cc2)cc1. The van der Waals surface area contributed by atoms with Gasteiger partial charge in [0.2, 0.25) is 6.41 Å². The minimum absolute atomic E-state index is 0.195. The molecule has 2 aromatic carbocycles. The second-order valence-corrected chi connectivity index (χ2v) is 6.59. The summed E-state index contributed by atoms with van der Waals surface area (Å²) < 4.78 is 5.18. The molecule has 3 rings (SSSR count). The number of piperidine rings is 1. The molecule has 0 aromatic heterocycles. The Morgan fingerprint density at radius 3 is 2.29 bits per heavy atom. The van der Waals surface area contributed by atoms with E-state index < -0.39 is 0 Å². The number of hydrogen-bond acceptors (Lipinski definition) is 2. The van der Waals surface area contributed by atoms with Gasteiger partial charge in [-0.1, -0.05) is 36.4 Å². The van der Waals surface area contributed by atoms with E-state index in [2.05, 4.69) is 24.3 Å². The van der Waals surface area contributed by atoms with Gasteiger partial charge in [0.25, 0.3) is 0 Å². The van der Waals surface area contributed by atoms with Crippen LogP contribution in [0.15, 0.2) is 48.5 Å². The van der Waals surface area contributed by atoms with Gasteiger partial charge in [0.05, 0.1) is 18.5 Å². The number of amides is 1. The fraction of sp³-hybridized carbons (Fsp3) is 0.350. The summed E-state index contributed by atoms with van der Waals surface area (Å²) in [4.78, 5) is 13.2. The van der Waals surface area contributed by atoms with Crippen molar-refractivity contribution in [3.8, 4) is 5.75 Å². The van der Waals surface area contributed by atoms with Crippen LogP contribution in [0.25, 0.3) is 0 Å². The molecule has 4 heteroatoms. The molecule has 1 amide bonds. The molecular weight excluding hydrogens is 322 g/mol. The number of carbonyl (C=O) groups is 1. The van der Waals surface area contributed by atoms with Gasteiger partial charge in [-0.15, -0.1) is 11.6 Å². The number of rotatable bonds is 5. The number of likely N-dealkylation sites (tertiary alicyclic amines) is 1. The standard InChI is InChI=1S/C20H22ClNO2/c1-24-18-11-9-17(10-12-18)20(21)16-7-5-15(6-8-16)19-4-2-3-13-22(19)14-23/h5-12,14,19-20H,2-4,13H2,1H3. The van der Waals surface area contributed by atoms with Crippen molar-refractivity contribution < 1.29 is 9.53 Å². The highest BCUT2D eigenvalue weighted by molar-refractivity contribution is 6.22. The first-order valence-corrected chi connectivity index (χ1v) is 8.75. The summed E-state index contributed by atoms with van der Waals surface area (Å²) in [5.74, 6) is 0.823. The molecule has 2 aromatic rings. The van der Waals surface area contributed by atoms with Crippen LogP contribution in [0.1, 0.15) is 47.4 Å². The second-order valence-electron chi connectivity index (χ2n) is 6.16. The van der Waals surface area contributed by atoms with Crippen LogP contribution in [0, 0.1) is 0 Å². The fourth-order valence-electron chi connectivity index (χ4n) is 3.29. The lowest BCUT2D eigenvalue weighted by Crippen LogP contribution is -2.32. The molecule has 0 aliphatic carbocycles. The Morgan fingerprint density at radius 2 is 1.71 bits per heavy atom. The Labute approximate surface area is 148 Å². The molecule has 3 nitrogen and oxygen atoms in total. The van der Waals surface area contributed by atoms with Gasteiger partial charge in [-0.3, -0.25) is 4.79 Å². The summed E-state index contributed by atoms with van der Waals surface area (Å²) in [6, 6.07) is 16.3. The minimum atomic E-state index is -0.196. The van der Waals surface area contributed by atoms with Crippen LogP contribution in [-0.4, -0.2) is 25.0 Å². The normalized spacial score (nSPS) is 18.9. The number of hydrogen-bond donors (Lipinski definition) is 0. The third kappa shape index (κ3) is 3.57. The van der Waals surface area contributed by atoms with Crippen LogP contribution < -0.4 is 4.74 Å². The van der Waals surface area contributed by atoms with E-state index in [0.29, 0.717) is 0 Å². The first kappa shape index (κ1) is 16.8. The molecule has 0 bridgehead atoms. The van der Waals surface area contributed by atoms with Gasteiger partial charge in [0, 0.05) is 6.54 Å². The van der Waals surface area contributed by atoms with E-state index in [-0.39, 0.29) is 11.4 Å². The quantitative estimate of drug-likeness (QED) is 0.581. The van der Waals surface area contributed by atoms with Crippen molar-refractivity contribution in [1.82, 2.24) is 4.90 Å². The summed E-state index contributed by atoms with van der Waals surface area (Å²) >= 11 is 6.61. The van der Waals surface area contributed by atoms with E-state index in [0.717, 1.165) is 42.7 Å². The van der Waals surface area contributed by atoms with Gasteiger partial charge in [-0.05, 0) is 48.1 Å². The van der Waals surface area contributed by atoms with Crippen LogP contribution in [0.5, 0.6) is 5.75 Å². The van der Waals surface area contributed by atoms with Crippen molar-refractivity contribution in [2.75, 3.05) is 13.7 Å². The molecule has 1 heterocycles. The maximum Gasteiger partial charge on any atom is 0.210 e. The van der Waals surface area contributed by atoms with Crippen LogP contribution in [0.2, 0.25) is 0 Å². The smallest absolute Gasteiger partial charge is 0.210 e. The van der Waals surface area contributed by atoms with Crippen LogP contribution >= 0.6 is 11.6 Å². The molecule has 0 saturated carbocycles. The zero-order valence-electron chi connectivity index (χ0n) is 13.8. The lowest BCUT2D eigenvalue weighted by molar-refractivity contribution is -0.121. The lowest BCUT2D eigenvalue weighted by Gasteiger charge is -2.33. The Hall–Kier alpha value is -2.00. The Balaban J connectivity index is 1.76. The highest BCUT2D eigenvalue weighted by Crippen LogP contribution is 2.33. The van der Waals surface area contributed by atoms with E-state index in [4.69, 9.17) is 16.3 Å². The van der Waals surface area contributed by atoms with Gasteiger partial charge in [-0.25, -0.2) is 0 Å². The Kier molecular flexibility index (Phi) is 5.41. The number of methoxy groups -OCH3 is 1. The van der Waals surface area contributed by atoms with E-state index in [1.165, 1.54) is 12.0 Å². The number of halogens is 1. The zero-order valence-corrected chi connectivity index (χ0v) is 14.6. The summed E-state index contributed by atoms with van der Waals surface area (Å²) in [7, 11) is 1.65. The first-order valence-electron chi connectivity index (χ1n) is 8.32. The molecule has 24 heavy (non-hydrogen) atoms. The van der Waals surface area contributed by atoms with Gasteiger partial charge >= 0.3 is 0 Å². The van der Waals surface area contributed by atoms with E-state index in [9.17, 15) is 4.79 Å². The number of ether oxygens (including phenoxy) is 1. The summed E-state index contributed by atoms with van der Waals surface area (Å²) in [5, 5.41) is -0.196. The van der Waals surface area contributed by atoms with Crippen molar-refractivity contribution in [3.05, 3.63) is 65.2 Å². The number of alkyl halides is 1.